The predicted octanol–water partition coefficient (Wildman–Crippen LogP) is 2.72. The molecule has 0 atom stereocenters. The summed E-state index contributed by atoms with van der Waals surface area (Å²) in [7, 11) is 0. The first-order chi connectivity index (χ1) is 7.72. The van der Waals surface area contributed by atoms with Crippen molar-refractivity contribution >= 4 is 5.82 Å². The first kappa shape index (κ1) is 12.7. The summed E-state index contributed by atoms with van der Waals surface area (Å²) in [5.41, 5.74) is 0. The molecule has 0 spiro atoms. The summed E-state index contributed by atoms with van der Waals surface area (Å²) < 4.78 is 5.30. The van der Waals surface area contributed by atoms with Gasteiger partial charge in [-0.05, 0) is 25.7 Å². The summed E-state index contributed by atoms with van der Waals surface area (Å²) in [5, 5.41) is 3.27. The third-order valence-electron chi connectivity index (χ3n) is 2.20. The molecule has 0 bridgehead atoms. The Bertz CT molecular complexity index is 302. The SMILES string of the molecule is CCOc1cc(NCCCC(C)C)ncn1. The van der Waals surface area contributed by atoms with Crippen LogP contribution in [-0.2, 0) is 0 Å². The number of nitrogens with zero attached hydrogens (tertiary/aromatic N) is 2. The summed E-state index contributed by atoms with van der Waals surface area (Å²) in [6.45, 7) is 7.98. The Labute approximate surface area is 97.5 Å². The van der Waals surface area contributed by atoms with Crippen LogP contribution in [0, 0.1) is 5.92 Å². The van der Waals surface area contributed by atoms with E-state index in [-0.39, 0.29) is 0 Å². The molecule has 0 unspecified atom stereocenters. The number of aromatic nitrogens is 2. The molecule has 0 saturated heterocycles. The van der Waals surface area contributed by atoms with Gasteiger partial charge < -0.3 is 10.1 Å². The molecular formula is C12H21N3O. The maximum absolute atomic E-state index is 5.30. The standard InChI is InChI=1S/C12H21N3O/c1-4-16-12-8-11(14-9-15-12)13-7-5-6-10(2)3/h8-10H,4-7H2,1-3H3,(H,13,14,15). The molecule has 1 rings (SSSR count). The molecule has 1 aromatic heterocycles. The van der Waals surface area contributed by atoms with E-state index in [0.717, 1.165) is 24.7 Å². The van der Waals surface area contributed by atoms with Gasteiger partial charge in [0.05, 0.1) is 6.61 Å². The van der Waals surface area contributed by atoms with E-state index < -0.39 is 0 Å². The number of ether oxygens (including phenoxy) is 1. The zero-order valence-electron chi connectivity index (χ0n) is 10.4. The van der Waals surface area contributed by atoms with Crippen LogP contribution in [-0.4, -0.2) is 23.1 Å². The van der Waals surface area contributed by atoms with Crippen molar-refractivity contribution in [2.24, 2.45) is 5.92 Å². The van der Waals surface area contributed by atoms with Gasteiger partial charge in [0.1, 0.15) is 12.1 Å². The van der Waals surface area contributed by atoms with Gasteiger partial charge in [-0.2, -0.15) is 0 Å². The van der Waals surface area contributed by atoms with Crippen LogP contribution in [0.3, 0.4) is 0 Å². The van der Waals surface area contributed by atoms with Gasteiger partial charge in [0.2, 0.25) is 5.88 Å². The minimum Gasteiger partial charge on any atom is -0.478 e. The lowest BCUT2D eigenvalue weighted by atomic mass is 10.1. The van der Waals surface area contributed by atoms with E-state index in [1.54, 1.807) is 0 Å². The second-order valence-corrected chi connectivity index (χ2v) is 4.14. The molecule has 90 valence electrons. The number of rotatable bonds is 7. The monoisotopic (exact) mass is 223 g/mol. The van der Waals surface area contributed by atoms with E-state index >= 15 is 0 Å². The maximum atomic E-state index is 5.30. The van der Waals surface area contributed by atoms with E-state index in [1.807, 2.05) is 13.0 Å². The van der Waals surface area contributed by atoms with Crippen LogP contribution < -0.4 is 10.1 Å². The van der Waals surface area contributed by atoms with Crippen molar-refractivity contribution in [3.63, 3.8) is 0 Å². The molecule has 0 amide bonds. The fraction of sp³-hybridized carbons (Fsp3) is 0.667. The average molecular weight is 223 g/mol. The highest BCUT2D eigenvalue weighted by Crippen LogP contribution is 2.11. The Balaban J connectivity index is 2.33. The van der Waals surface area contributed by atoms with Crippen LogP contribution in [0.1, 0.15) is 33.6 Å². The molecule has 0 saturated carbocycles. The van der Waals surface area contributed by atoms with E-state index in [1.165, 1.54) is 12.7 Å². The molecule has 0 aromatic carbocycles. The van der Waals surface area contributed by atoms with Crippen molar-refractivity contribution in [3.8, 4) is 5.88 Å². The smallest absolute Gasteiger partial charge is 0.218 e. The molecule has 0 radical (unpaired) electrons. The molecule has 1 aromatic rings. The van der Waals surface area contributed by atoms with E-state index in [2.05, 4.69) is 29.1 Å². The zero-order chi connectivity index (χ0) is 11.8. The molecule has 0 fully saturated rings. The van der Waals surface area contributed by atoms with E-state index in [9.17, 15) is 0 Å². The Kier molecular flexibility index (Phi) is 5.61. The molecule has 0 aliphatic rings. The molecule has 1 N–H and O–H groups in total. The highest BCUT2D eigenvalue weighted by atomic mass is 16.5. The van der Waals surface area contributed by atoms with Gasteiger partial charge in [-0.15, -0.1) is 0 Å². The van der Waals surface area contributed by atoms with Gasteiger partial charge in [0.15, 0.2) is 0 Å². The van der Waals surface area contributed by atoms with Crippen LogP contribution in [0.4, 0.5) is 5.82 Å². The Morgan fingerprint density at radius 2 is 2.19 bits per heavy atom. The van der Waals surface area contributed by atoms with Crippen LogP contribution >= 0.6 is 0 Å². The zero-order valence-corrected chi connectivity index (χ0v) is 10.4. The lowest BCUT2D eigenvalue weighted by Gasteiger charge is -2.08. The summed E-state index contributed by atoms with van der Waals surface area (Å²) in [6, 6.07) is 1.83. The molecule has 0 aliphatic carbocycles. The maximum Gasteiger partial charge on any atom is 0.218 e. The van der Waals surface area contributed by atoms with Crippen molar-refractivity contribution in [2.45, 2.75) is 33.6 Å². The first-order valence-electron chi connectivity index (χ1n) is 5.91. The fourth-order valence-corrected chi connectivity index (χ4v) is 1.39. The third kappa shape index (κ3) is 4.96. The van der Waals surface area contributed by atoms with E-state index in [4.69, 9.17) is 4.74 Å². The second-order valence-electron chi connectivity index (χ2n) is 4.14. The van der Waals surface area contributed by atoms with Crippen molar-refractivity contribution in [3.05, 3.63) is 12.4 Å². The van der Waals surface area contributed by atoms with Gasteiger partial charge in [-0.1, -0.05) is 13.8 Å². The van der Waals surface area contributed by atoms with Gasteiger partial charge in [0.25, 0.3) is 0 Å². The minimum absolute atomic E-state index is 0.629. The quantitative estimate of drug-likeness (QED) is 0.722. The molecule has 4 heteroatoms. The van der Waals surface area contributed by atoms with Crippen molar-refractivity contribution in [1.29, 1.82) is 0 Å². The lowest BCUT2D eigenvalue weighted by molar-refractivity contribution is 0.326. The van der Waals surface area contributed by atoms with Crippen molar-refractivity contribution < 1.29 is 4.74 Å². The Hall–Kier alpha value is -1.32. The highest BCUT2D eigenvalue weighted by Gasteiger charge is 1.99. The summed E-state index contributed by atoms with van der Waals surface area (Å²) in [6.07, 6.45) is 3.91. The largest absolute Gasteiger partial charge is 0.478 e. The molecule has 0 aliphatic heterocycles. The second kappa shape index (κ2) is 7.04. The van der Waals surface area contributed by atoms with Crippen LogP contribution in [0.25, 0.3) is 0 Å². The Morgan fingerprint density at radius 3 is 2.88 bits per heavy atom. The van der Waals surface area contributed by atoms with Crippen LogP contribution in [0.15, 0.2) is 12.4 Å². The number of nitrogens with one attached hydrogen (secondary N) is 1. The molecular weight excluding hydrogens is 202 g/mol. The highest BCUT2D eigenvalue weighted by molar-refractivity contribution is 5.36. The number of hydrogen-bond donors (Lipinski definition) is 1. The number of hydrogen-bond acceptors (Lipinski definition) is 4. The van der Waals surface area contributed by atoms with Gasteiger partial charge in [-0.3, -0.25) is 0 Å². The van der Waals surface area contributed by atoms with Crippen LogP contribution in [0.5, 0.6) is 5.88 Å². The number of anilines is 1. The lowest BCUT2D eigenvalue weighted by Crippen LogP contribution is -2.05. The Morgan fingerprint density at radius 1 is 1.38 bits per heavy atom. The molecule has 4 nitrogen and oxygen atoms in total. The summed E-state index contributed by atoms with van der Waals surface area (Å²) in [5.74, 6) is 2.22. The van der Waals surface area contributed by atoms with Crippen molar-refractivity contribution in [1.82, 2.24) is 9.97 Å². The van der Waals surface area contributed by atoms with E-state index in [0.29, 0.717) is 12.5 Å². The molecule has 16 heavy (non-hydrogen) atoms. The topological polar surface area (TPSA) is 47.0 Å². The normalized spacial score (nSPS) is 10.5. The van der Waals surface area contributed by atoms with Gasteiger partial charge in [0, 0.05) is 12.6 Å². The predicted molar refractivity (Wildman–Crippen MR) is 65.8 cm³/mol. The molecule has 1 heterocycles. The third-order valence-corrected chi connectivity index (χ3v) is 2.20. The van der Waals surface area contributed by atoms with Gasteiger partial charge in [-0.25, -0.2) is 9.97 Å². The first-order valence-corrected chi connectivity index (χ1v) is 5.91. The minimum atomic E-state index is 0.629. The van der Waals surface area contributed by atoms with Crippen molar-refractivity contribution in [2.75, 3.05) is 18.5 Å². The van der Waals surface area contributed by atoms with Gasteiger partial charge >= 0.3 is 0 Å². The average Bonchev–Trinajstić information content (AvgIpc) is 2.25. The summed E-state index contributed by atoms with van der Waals surface area (Å²) >= 11 is 0. The van der Waals surface area contributed by atoms with Crippen LogP contribution in [0.2, 0.25) is 0 Å². The fourth-order valence-electron chi connectivity index (χ4n) is 1.39. The summed E-state index contributed by atoms with van der Waals surface area (Å²) in [4.78, 5) is 8.15.